The van der Waals surface area contributed by atoms with E-state index in [-0.39, 0.29) is 32.1 Å². The molecule has 0 saturated carbocycles. The van der Waals surface area contributed by atoms with Crippen molar-refractivity contribution >= 4 is 22.8 Å². The molecule has 1 saturated heterocycles. The van der Waals surface area contributed by atoms with Crippen LogP contribution in [0, 0.1) is 0 Å². The summed E-state index contributed by atoms with van der Waals surface area (Å²) in [7, 11) is 0. The molecule has 2 atom stereocenters. The predicted octanol–water partition coefficient (Wildman–Crippen LogP) is 1.05. The van der Waals surface area contributed by atoms with Gasteiger partial charge in [-0.2, -0.15) is 0 Å². The Morgan fingerprint density at radius 2 is 2.30 bits per heavy atom. The van der Waals surface area contributed by atoms with E-state index in [4.69, 9.17) is 0 Å². The van der Waals surface area contributed by atoms with E-state index in [1.807, 2.05) is 6.07 Å². The monoisotopic (exact) mass is 451 g/mol. The van der Waals surface area contributed by atoms with Gasteiger partial charge in [-0.25, -0.2) is 4.98 Å². The zero-order chi connectivity index (χ0) is 13.2. The summed E-state index contributed by atoms with van der Waals surface area (Å²) in [5, 5.41) is 7.07. The standard InChI is InChI=1S/C13H17N5O.Ir/c1-2-8-3-4-10(13(19)17-8)18-12-9-5-6-14-11(9)15-7-16-12;/h5-8,10H,2-4H2,1H3,(H3,14,15,16,17,18,19);/p-1/t8-,10+;/m0./s1. The largest absolute Gasteiger partial charge is 0.442 e. The van der Waals surface area contributed by atoms with Gasteiger partial charge in [0.15, 0.2) is 0 Å². The van der Waals surface area contributed by atoms with Gasteiger partial charge < -0.3 is 20.6 Å². The quantitative estimate of drug-likeness (QED) is 0.731. The first kappa shape index (κ1) is 14.9. The number of nitrogens with one attached hydrogen (secondary N) is 2. The second-order valence-corrected chi connectivity index (χ2v) is 4.79. The normalized spacial score (nSPS) is 22.1. The molecule has 1 aliphatic rings. The third kappa shape index (κ3) is 2.83. The Kier molecular flexibility index (Phi) is 4.73. The van der Waals surface area contributed by atoms with Gasteiger partial charge in [0.05, 0.1) is 0 Å². The third-order valence-electron chi connectivity index (χ3n) is 3.57. The fraction of sp³-hybridized carbons (Fsp3) is 0.462. The van der Waals surface area contributed by atoms with Crippen molar-refractivity contribution in [3.05, 3.63) is 18.6 Å². The van der Waals surface area contributed by atoms with Crippen LogP contribution in [-0.2, 0) is 24.9 Å². The van der Waals surface area contributed by atoms with Crippen molar-refractivity contribution in [2.75, 3.05) is 5.32 Å². The SMILES string of the molecule is CC[C@H]1CC[C@@H](Nc2ncnc3[n-]ccc23)C(=O)N1.[Ir]. The van der Waals surface area contributed by atoms with Gasteiger partial charge in [-0.1, -0.05) is 19.2 Å². The number of hydrogen-bond donors (Lipinski definition) is 2. The van der Waals surface area contributed by atoms with Crippen LogP contribution in [0.25, 0.3) is 11.0 Å². The Bertz CT molecular complexity index is 599. The number of carbonyl (C=O) groups is 1. The van der Waals surface area contributed by atoms with Crippen LogP contribution in [0.3, 0.4) is 0 Å². The molecular formula is C13H16IrN5O-. The van der Waals surface area contributed by atoms with Crippen LogP contribution in [0.15, 0.2) is 18.6 Å². The molecule has 0 aromatic carbocycles. The molecule has 1 fully saturated rings. The van der Waals surface area contributed by atoms with Crippen LogP contribution in [-0.4, -0.2) is 28.0 Å². The van der Waals surface area contributed by atoms with Crippen LogP contribution >= 0.6 is 0 Å². The molecule has 0 unspecified atom stereocenters. The van der Waals surface area contributed by atoms with Crippen molar-refractivity contribution in [1.82, 2.24) is 20.3 Å². The summed E-state index contributed by atoms with van der Waals surface area (Å²) >= 11 is 0. The molecule has 2 aromatic rings. The van der Waals surface area contributed by atoms with Crippen molar-refractivity contribution < 1.29 is 24.9 Å². The second-order valence-electron chi connectivity index (χ2n) is 4.79. The zero-order valence-corrected chi connectivity index (χ0v) is 13.5. The van der Waals surface area contributed by atoms with E-state index in [0.29, 0.717) is 17.5 Å². The number of fused-ring (bicyclic) bond motifs is 1. The van der Waals surface area contributed by atoms with Gasteiger partial charge in [0.2, 0.25) is 5.91 Å². The van der Waals surface area contributed by atoms with Gasteiger partial charge in [-0.3, -0.25) is 4.79 Å². The Labute approximate surface area is 130 Å². The van der Waals surface area contributed by atoms with Crippen LogP contribution in [0.4, 0.5) is 5.82 Å². The zero-order valence-electron chi connectivity index (χ0n) is 11.1. The Hall–Kier alpha value is -1.46. The molecule has 2 N–H and O–H groups in total. The summed E-state index contributed by atoms with van der Waals surface area (Å²) in [4.78, 5) is 24.4. The van der Waals surface area contributed by atoms with Crippen molar-refractivity contribution in [3.8, 4) is 0 Å². The van der Waals surface area contributed by atoms with Gasteiger partial charge in [0, 0.05) is 37.9 Å². The predicted molar refractivity (Wildman–Crippen MR) is 71.7 cm³/mol. The fourth-order valence-corrected chi connectivity index (χ4v) is 2.42. The van der Waals surface area contributed by atoms with Crippen molar-refractivity contribution in [2.45, 2.75) is 38.3 Å². The molecule has 109 valence electrons. The van der Waals surface area contributed by atoms with Crippen LogP contribution in [0.1, 0.15) is 26.2 Å². The average Bonchev–Trinajstić information content (AvgIpc) is 2.90. The molecule has 1 radical (unpaired) electrons. The minimum atomic E-state index is -0.226. The van der Waals surface area contributed by atoms with E-state index in [0.717, 1.165) is 24.6 Å². The summed E-state index contributed by atoms with van der Waals surface area (Å²) in [5.41, 5.74) is 0.653. The molecule has 0 aliphatic carbocycles. The smallest absolute Gasteiger partial charge is 0.242 e. The number of amides is 1. The van der Waals surface area contributed by atoms with Crippen molar-refractivity contribution in [2.24, 2.45) is 0 Å². The molecular weight excluding hydrogens is 434 g/mol. The number of carbonyl (C=O) groups excluding carboxylic acids is 1. The molecule has 20 heavy (non-hydrogen) atoms. The van der Waals surface area contributed by atoms with E-state index in [1.165, 1.54) is 6.33 Å². The Balaban J connectivity index is 0.00000147. The molecule has 1 aliphatic heterocycles. The number of nitrogens with zero attached hydrogens (tertiary/aromatic N) is 3. The van der Waals surface area contributed by atoms with Gasteiger partial charge in [0.25, 0.3) is 0 Å². The Morgan fingerprint density at radius 1 is 1.45 bits per heavy atom. The molecule has 6 nitrogen and oxygen atoms in total. The number of aromatic nitrogens is 3. The first-order chi connectivity index (χ1) is 9.28. The molecule has 0 bridgehead atoms. The first-order valence-electron chi connectivity index (χ1n) is 6.57. The minimum Gasteiger partial charge on any atom is -0.442 e. The van der Waals surface area contributed by atoms with Crippen LogP contribution < -0.4 is 15.6 Å². The number of piperidine rings is 1. The maximum Gasteiger partial charge on any atom is 0.242 e. The molecule has 7 heteroatoms. The van der Waals surface area contributed by atoms with Crippen LogP contribution in [0.2, 0.25) is 0 Å². The van der Waals surface area contributed by atoms with E-state index < -0.39 is 0 Å². The number of hydrogen-bond acceptors (Lipinski definition) is 4. The number of rotatable bonds is 3. The first-order valence-corrected chi connectivity index (χ1v) is 6.57. The Morgan fingerprint density at radius 3 is 3.05 bits per heavy atom. The summed E-state index contributed by atoms with van der Waals surface area (Å²) in [5.74, 6) is 0.724. The van der Waals surface area contributed by atoms with Gasteiger partial charge in [-0.05, 0) is 24.9 Å². The van der Waals surface area contributed by atoms with Crippen molar-refractivity contribution in [1.29, 1.82) is 0 Å². The summed E-state index contributed by atoms with van der Waals surface area (Å²) < 4.78 is 0. The van der Waals surface area contributed by atoms with E-state index >= 15 is 0 Å². The van der Waals surface area contributed by atoms with E-state index in [1.54, 1.807) is 6.20 Å². The molecule has 3 heterocycles. The van der Waals surface area contributed by atoms with Gasteiger partial charge in [-0.15, -0.1) is 0 Å². The third-order valence-corrected chi connectivity index (χ3v) is 3.57. The molecule has 3 rings (SSSR count). The maximum absolute atomic E-state index is 12.0. The summed E-state index contributed by atoms with van der Waals surface area (Å²) in [6.07, 6.45) is 5.95. The van der Waals surface area contributed by atoms with Crippen molar-refractivity contribution in [3.63, 3.8) is 0 Å². The van der Waals surface area contributed by atoms with Gasteiger partial charge in [0.1, 0.15) is 11.9 Å². The minimum absolute atomic E-state index is 0. The number of anilines is 1. The topological polar surface area (TPSA) is 81.0 Å². The summed E-state index contributed by atoms with van der Waals surface area (Å²) in [6, 6.07) is 1.93. The maximum atomic E-state index is 12.0. The second kappa shape index (κ2) is 6.33. The molecule has 1 amide bonds. The fourth-order valence-electron chi connectivity index (χ4n) is 2.42. The van der Waals surface area contributed by atoms with E-state index in [2.05, 4.69) is 32.5 Å². The van der Waals surface area contributed by atoms with Gasteiger partial charge >= 0.3 is 0 Å². The van der Waals surface area contributed by atoms with E-state index in [9.17, 15) is 4.79 Å². The average molecular weight is 451 g/mol. The molecule has 0 spiro atoms. The summed E-state index contributed by atoms with van der Waals surface area (Å²) in [6.45, 7) is 2.09. The molecule has 2 aromatic heterocycles. The van der Waals surface area contributed by atoms with Crippen LogP contribution in [0.5, 0.6) is 0 Å².